The number of aromatic nitrogens is 4. The van der Waals surface area contributed by atoms with Gasteiger partial charge in [0.15, 0.2) is 0 Å². The van der Waals surface area contributed by atoms with Gasteiger partial charge in [-0.15, -0.1) is 0 Å². The normalized spacial score (nSPS) is 13.6. The van der Waals surface area contributed by atoms with Gasteiger partial charge in [-0.05, 0) is 87.3 Å². The minimum atomic E-state index is -0.594. The lowest BCUT2D eigenvalue weighted by molar-refractivity contribution is 0.584. The second-order valence-corrected chi connectivity index (χ2v) is 13.6. The highest BCUT2D eigenvalue weighted by atomic mass is 15.3. The molecule has 3 heterocycles. The minimum absolute atomic E-state index is 0.0202. The maximum Gasteiger partial charge on any atom is 0.0886 e. The van der Waals surface area contributed by atoms with Gasteiger partial charge in [0.05, 0.1) is 27.8 Å². The minimum Gasteiger partial charge on any atom is -0.309 e. The molecule has 5 aromatic carbocycles. The summed E-state index contributed by atoms with van der Waals surface area (Å²) in [5, 5.41) is 6.97. The molecule has 0 spiro atoms. The molecule has 1 aliphatic rings. The standard InChI is InChI=1S/C43H34N4/c1-42(2,3)29-22-24-44-41(27-29)43(37-17-7-4-14-33(37)34-15-5-8-18-38(34)43)30-12-10-13-32(26-30)47-39-19-9-6-16-35(39)36-21-20-31(28-40(36)47)46-25-11-23-45-46/h4-28H,1-3H3. The van der Waals surface area contributed by atoms with Crippen molar-refractivity contribution in [3.8, 4) is 22.5 Å². The van der Waals surface area contributed by atoms with Gasteiger partial charge in [-0.3, -0.25) is 4.98 Å². The highest BCUT2D eigenvalue weighted by molar-refractivity contribution is 6.09. The lowest BCUT2D eigenvalue weighted by Gasteiger charge is -2.34. The summed E-state index contributed by atoms with van der Waals surface area (Å²) >= 11 is 0. The maximum absolute atomic E-state index is 5.20. The molecule has 47 heavy (non-hydrogen) atoms. The molecule has 3 aromatic heterocycles. The van der Waals surface area contributed by atoms with E-state index in [1.165, 1.54) is 49.7 Å². The van der Waals surface area contributed by atoms with E-state index in [0.29, 0.717) is 0 Å². The summed E-state index contributed by atoms with van der Waals surface area (Å²) in [5.41, 5.74) is 12.4. The Morgan fingerprint density at radius 1 is 0.574 bits per heavy atom. The van der Waals surface area contributed by atoms with Crippen LogP contribution in [0, 0.1) is 0 Å². The Balaban J connectivity index is 1.36. The molecular formula is C43H34N4. The molecule has 226 valence electrons. The molecule has 0 aliphatic heterocycles. The Bertz CT molecular complexity index is 2410. The molecule has 1 aliphatic carbocycles. The molecule has 4 heteroatoms. The Labute approximate surface area is 274 Å². The summed E-state index contributed by atoms with van der Waals surface area (Å²) in [6, 6.07) is 48.6. The predicted molar refractivity (Wildman–Crippen MR) is 192 cm³/mol. The quantitative estimate of drug-likeness (QED) is 0.200. The van der Waals surface area contributed by atoms with Crippen LogP contribution in [0.1, 0.15) is 48.7 Å². The van der Waals surface area contributed by atoms with Crippen molar-refractivity contribution in [3.05, 3.63) is 180 Å². The number of hydrogen-bond acceptors (Lipinski definition) is 2. The Hall–Kier alpha value is -5.74. The Kier molecular flexibility index (Phi) is 5.94. The van der Waals surface area contributed by atoms with Gasteiger partial charge in [-0.2, -0.15) is 5.10 Å². The summed E-state index contributed by atoms with van der Waals surface area (Å²) in [7, 11) is 0. The lowest BCUT2D eigenvalue weighted by Crippen LogP contribution is -2.30. The Morgan fingerprint density at radius 3 is 2.04 bits per heavy atom. The van der Waals surface area contributed by atoms with Crippen molar-refractivity contribution >= 4 is 21.8 Å². The van der Waals surface area contributed by atoms with Crippen LogP contribution in [-0.2, 0) is 10.8 Å². The van der Waals surface area contributed by atoms with E-state index in [0.717, 1.165) is 22.6 Å². The first-order chi connectivity index (χ1) is 22.9. The van der Waals surface area contributed by atoms with Crippen molar-refractivity contribution in [1.82, 2.24) is 19.3 Å². The first-order valence-electron chi connectivity index (χ1n) is 16.3. The molecule has 9 rings (SSSR count). The number of rotatable bonds is 4. The number of fused-ring (bicyclic) bond motifs is 6. The van der Waals surface area contributed by atoms with E-state index in [-0.39, 0.29) is 5.41 Å². The van der Waals surface area contributed by atoms with Crippen LogP contribution in [0.5, 0.6) is 0 Å². The zero-order chi connectivity index (χ0) is 31.8. The zero-order valence-corrected chi connectivity index (χ0v) is 26.7. The van der Waals surface area contributed by atoms with Gasteiger partial charge < -0.3 is 4.57 Å². The third kappa shape index (κ3) is 4.01. The van der Waals surface area contributed by atoms with Crippen LogP contribution in [0.25, 0.3) is 44.3 Å². The predicted octanol–water partition coefficient (Wildman–Crippen LogP) is 10.0. The zero-order valence-electron chi connectivity index (χ0n) is 26.7. The van der Waals surface area contributed by atoms with Crippen LogP contribution in [-0.4, -0.2) is 19.3 Å². The van der Waals surface area contributed by atoms with E-state index in [2.05, 4.69) is 158 Å². The molecule has 8 aromatic rings. The molecule has 0 bridgehead atoms. The molecule has 0 saturated carbocycles. The van der Waals surface area contributed by atoms with Crippen LogP contribution in [0.4, 0.5) is 0 Å². The van der Waals surface area contributed by atoms with Crippen LogP contribution in [0.2, 0.25) is 0 Å². The topological polar surface area (TPSA) is 35.6 Å². The fourth-order valence-electron chi connectivity index (χ4n) is 7.75. The average molecular weight is 607 g/mol. The van der Waals surface area contributed by atoms with Gasteiger partial charge in [-0.25, -0.2) is 4.68 Å². The van der Waals surface area contributed by atoms with E-state index in [1.54, 1.807) is 0 Å². The number of hydrogen-bond donors (Lipinski definition) is 0. The van der Waals surface area contributed by atoms with Crippen molar-refractivity contribution in [2.24, 2.45) is 0 Å². The van der Waals surface area contributed by atoms with E-state index in [1.807, 2.05) is 29.3 Å². The third-order valence-corrected chi connectivity index (χ3v) is 9.93. The number of pyridine rings is 1. The molecule has 4 nitrogen and oxygen atoms in total. The SMILES string of the molecule is CC(C)(C)c1ccnc(C2(c3cccc(-n4c5ccccc5c5ccc(-n6cccn6)cc54)c3)c3ccccc3-c3ccccc32)c1. The van der Waals surface area contributed by atoms with E-state index >= 15 is 0 Å². The smallest absolute Gasteiger partial charge is 0.0886 e. The molecule has 0 unspecified atom stereocenters. The van der Waals surface area contributed by atoms with Crippen molar-refractivity contribution in [2.45, 2.75) is 31.6 Å². The Morgan fingerprint density at radius 2 is 1.30 bits per heavy atom. The van der Waals surface area contributed by atoms with Crippen LogP contribution >= 0.6 is 0 Å². The monoisotopic (exact) mass is 606 g/mol. The largest absolute Gasteiger partial charge is 0.309 e. The average Bonchev–Trinajstić information content (AvgIpc) is 3.83. The molecular weight excluding hydrogens is 573 g/mol. The van der Waals surface area contributed by atoms with Crippen molar-refractivity contribution in [1.29, 1.82) is 0 Å². The van der Waals surface area contributed by atoms with Gasteiger partial charge in [0.1, 0.15) is 0 Å². The van der Waals surface area contributed by atoms with Crippen LogP contribution in [0.3, 0.4) is 0 Å². The summed E-state index contributed by atoms with van der Waals surface area (Å²) in [6.45, 7) is 6.82. The number of nitrogens with zero attached hydrogens (tertiary/aromatic N) is 4. The molecule has 0 radical (unpaired) electrons. The fraction of sp³-hybridized carbons (Fsp3) is 0.116. The fourth-order valence-corrected chi connectivity index (χ4v) is 7.75. The van der Waals surface area contributed by atoms with E-state index < -0.39 is 5.41 Å². The summed E-state index contributed by atoms with van der Waals surface area (Å²) in [6.07, 6.45) is 5.81. The molecule has 0 saturated heterocycles. The first kappa shape index (κ1) is 27.6. The summed E-state index contributed by atoms with van der Waals surface area (Å²) in [4.78, 5) is 5.20. The van der Waals surface area contributed by atoms with Gasteiger partial charge in [0.25, 0.3) is 0 Å². The third-order valence-electron chi connectivity index (χ3n) is 9.93. The summed E-state index contributed by atoms with van der Waals surface area (Å²) in [5.74, 6) is 0. The highest BCUT2D eigenvalue weighted by Crippen LogP contribution is 2.56. The molecule has 0 amide bonds. The van der Waals surface area contributed by atoms with Crippen LogP contribution < -0.4 is 0 Å². The van der Waals surface area contributed by atoms with Gasteiger partial charge in [0.2, 0.25) is 0 Å². The summed E-state index contributed by atoms with van der Waals surface area (Å²) < 4.78 is 4.33. The second kappa shape index (κ2) is 10.1. The van der Waals surface area contributed by atoms with E-state index in [4.69, 9.17) is 4.98 Å². The van der Waals surface area contributed by atoms with Crippen molar-refractivity contribution in [3.63, 3.8) is 0 Å². The van der Waals surface area contributed by atoms with Crippen molar-refractivity contribution in [2.75, 3.05) is 0 Å². The maximum atomic E-state index is 5.20. The second-order valence-electron chi connectivity index (χ2n) is 13.6. The van der Waals surface area contributed by atoms with E-state index in [9.17, 15) is 0 Å². The highest BCUT2D eigenvalue weighted by Gasteiger charge is 2.47. The van der Waals surface area contributed by atoms with Gasteiger partial charge >= 0.3 is 0 Å². The number of para-hydroxylation sites is 1. The molecule has 0 N–H and O–H groups in total. The van der Waals surface area contributed by atoms with Gasteiger partial charge in [-0.1, -0.05) is 106 Å². The first-order valence-corrected chi connectivity index (χ1v) is 16.3. The number of benzene rings is 5. The van der Waals surface area contributed by atoms with Crippen molar-refractivity contribution < 1.29 is 0 Å². The van der Waals surface area contributed by atoms with Crippen LogP contribution in [0.15, 0.2) is 152 Å². The molecule has 0 fully saturated rings. The lowest BCUT2D eigenvalue weighted by atomic mass is 9.69. The van der Waals surface area contributed by atoms with Gasteiger partial charge in [0, 0.05) is 35.1 Å². The molecule has 0 atom stereocenters.